The third-order valence-electron chi connectivity index (χ3n) is 3.88. The van der Waals surface area contributed by atoms with E-state index in [1.165, 1.54) is 11.6 Å². The summed E-state index contributed by atoms with van der Waals surface area (Å²) in [5.74, 6) is -0.373. The number of carbonyl (C=O) groups excluding carboxylic acids is 1. The Bertz CT molecular complexity index is 1000. The van der Waals surface area contributed by atoms with Crippen LogP contribution in [0.1, 0.15) is 21.5 Å². The lowest BCUT2D eigenvalue weighted by Gasteiger charge is -2.08. The number of fused-ring (bicyclic) bond motifs is 1. The van der Waals surface area contributed by atoms with Crippen molar-refractivity contribution in [2.24, 2.45) is 4.99 Å². The molecule has 0 radical (unpaired) electrons. The Hall–Kier alpha value is -4.01. The van der Waals surface area contributed by atoms with Crippen LogP contribution in [-0.2, 0) is 6.54 Å². The predicted molar refractivity (Wildman–Crippen MR) is 112 cm³/mol. The topological polar surface area (TPSA) is 117 Å². The molecule has 0 bridgehead atoms. The molecule has 0 atom stereocenters. The largest absolute Gasteiger partial charge is 0.487 e. The molecular formula is C21H20FN3O5. The number of rotatable bonds is 8. The third-order valence-corrected chi connectivity index (χ3v) is 3.88. The Balaban J connectivity index is 0.000000215. The molecule has 1 aliphatic heterocycles. The van der Waals surface area contributed by atoms with E-state index in [2.05, 4.69) is 18.2 Å². The number of aldehydes is 1. The molecule has 8 nitrogen and oxygen atoms in total. The van der Waals surface area contributed by atoms with E-state index in [1.807, 2.05) is 18.3 Å². The van der Waals surface area contributed by atoms with E-state index in [0.717, 1.165) is 24.2 Å². The molecule has 1 aliphatic rings. The highest BCUT2D eigenvalue weighted by Gasteiger charge is 2.19. The molecule has 30 heavy (non-hydrogen) atoms. The Morgan fingerprint density at radius 3 is 2.43 bits per heavy atom. The number of nitrogens with two attached hydrogens (primary N) is 1. The van der Waals surface area contributed by atoms with Gasteiger partial charge in [0.2, 0.25) is 0 Å². The van der Waals surface area contributed by atoms with Crippen LogP contribution in [0, 0.1) is 15.9 Å². The number of nitrogens with zero attached hydrogens (tertiary/aromatic N) is 2. The first-order chi connectivity index (χ1) is 14.4. The number of carbonyl (C=O) groups is 1. The molecule has 0 amide bonds. The zero-order valence-electron chi connectivity index (χ0n) is 16.0. The molecule has 0 unspecified atom stereocenters. The summed E-state index contributed by atoms with van der Waals surface area (Å²) in [6, 6.07) is 5.48. The second-order valence-electron chi connectivity index (χ2n) is 5.97. The summed E-state index contributed by atoms with van der Waals surface area (Å²) >= 11 is 0. The fraction of sp³-hybridized carbons (Fsp3) is 0.143. The molecule has 0 saturated heterocycles. The first kappa shape index (κ1) is 22.3. The average molecular weight is 413 g/mol. The SMILES string of the molecule is C=CCOc1cc(F)c(C=O)cc1[N+](=O)[O-].C=CCOc1cc2c(cc1N)C=NC2. The lowest BCUT2D eigenvalue weighted by atomic mass is 10.1. The molecule has 2 aromatic carbocycles. The summed E-state index contributed by atoms with van der Waals surface area (Å²) < 4.78 is 23.5. The standard InChI is InChI=1S/C11H12N2O.C10H8FNO4/c1-2-3-14-11-5-9-7-13-6-8(9)4-10(11)12;1-2-3-16-10-5-8(11)7(6-13)4-9(10)12(14)15/h2,4-6H,1,3,7,12H2;2,4-6H,1,3H2. The summed E-state index contributed by atoms with van der Waals surface area (Å²) in [7, 11) is 0. The van der Waals surface area contributed by atoms with Crippen LogP contribution < -0.4 is 15.2 Å². The maximum atomic E-state index is 13.2. The lowest BCUT2D eigenvalue weighted by Crippen LogP contribution is -2.01. The van der Waals surface area contributed by atoms with Crippen molar-refractivity contribution in [3.8, 4) is 11.5 Å². The highest BCUT2D eigenvalue weighted by Crippen LogP contribution is 2.30. The van der Waals surface area contributed by atoms with E-state index in [-0.39, 0.29) is 24.2 Å². The van der Waals surface area contributed by atoms with E-state index in [1.54, 1.807) is 6.08 Å². The zero-order valence-corrected chi connectivity index (χ0v) is 16.0. The van der Waals surface area contributed by atoms with Gasteiger partial charge in [-0.05, 0) is 23.3 Å². The van der Waals surface area contributed by atoms with Crippen LogP contribution >= 0.6 is 0 Å². The monoisotopic (exact) mass is 413 g/mol. The fourth-order valence-electron chi connectivity index (χ4n) is 2.49. The van der Waals surface area contributed by atoms with E-state index in [0.29, 0.717) is 18.0 Å². The van der Waals surface area contributed by atoms with Gasteiger partial charge in [-0.1, -0.05) is 25.3 Å². The van der Waals surface area contributed by atoms with Gasteiger partial charge in [0.25, 0.3) is 0 Å². The van der Waals surface area contributed by atoms with Gasteiger partial charge >= 0.3 is 5.69 Å². The van der Waals surface area contributed by atoms with Crippen molar-refractivity contribution in [2.75, 3.05) is 18.9 Å². The molecule has 2 aromatic rings. The van der Waals surface area contributed by atoms with Crippen molar-refractivity contribution in [3.63, 3.8) is 0 Å². The number of ether oxygens (including phenoxy) is 2. The first-order valence-electron chi connectivity index (χ1n) is 8.74. The van der Waals surface area contributed by atoms with Gasteiger partial charge in [-0.3, -0.25) is 19.9 Å². The summed E-state index contributed by atoms with van der Waals surface area (Å²) in [6.07, 6.45) is 5.11. The van der Waals surface area contributed by atoms with Gasteiger partial charge < -0.3 is 15.2 Å². The van der Waals surface area contributed by atoms with Crippen molar-refractivity contribution < 1.29 is 23.6 Å². The maximum Gasteiger partial charge on any atom is 0.311 e. The van der Waals surface area contributed by atoms with Crippen LogP contribution in [0.25, 0.3) is 0 Å². The highest BCUT2D eigenvalue weighted by atomic mass is 19.1. The summed E-state index contributed by atoms with van der Waals surface area (Å²) in [5.41, 5.74) is 7.89. The van der Waals surface area contributed by atoms with Crippen molar-refractivity contribution >= 4 is 23.9 Å². The molecule has 0 spiro atoms. The summed E-state index contributed by atoms with van der Waals surface area (Å²) in [6.45, 7) is 8.16. The van der Waals surface area contributed by atoms with Gasteiger partial charge in [-0.2, -0.15) is 0 Å². The van der Waals surface area contributed by atoms with Gasteiger partial charge in [0.1, 0.15) is 24.8 Å². The van der Waals surface area contributed by atoms with Crippen LogP contribution in [0.15, 0.2) is 54.6 Å². The Labute approximate surface area is 172 Å². The second-order valence-corrected chi connectivity index (χ2v) is 5.97. The maximum absolute atomic E-state index is 13.2. The minimum Gasteiger partial charge on any atom is -0.487 e. The smallest absolute Gasteiger partial charge is 0.311 e. The van der Waals surface area contributed by atoms with Crippen molar-refractivity contribution in [1.29, 1.82) is 0 Å². The number of benzene rings is 2. The van der Waals surface area contributed by atoms with Gasteiger partial charge in [0.05, 0.1) is 22.7 Å². The molecular weight excluding hydrogens is 393 g/mol. The highest BCUT2D eigenvalue weighted by molar-refractivity contribution is 5.87. The molecule has 9 heteroatoms. The number of nitro groups is 1. The number of aliphatic imine (C=N–C) groups is 1. The molecule has 1 heterocycles. The van der Waals surface area contributed by atoms with Crippen molar-refractivity contribution in [2.45, 2.75) is 6.54 Å². The molecule has 0 saturated carbocycles. The van der Waals surface area contributed by atoms with Crippen LogP contribution in [-0.4, -0.2) is 30.6 Å². The molecule has 156 valence electrons. The zero-order chi connectivity index (χ0) is 22.1. The van der Waals surface area contributed by atoms with Gasteiger partial charge in [0.15, 0.2) is 12.0 Å². The third kappa shape index (κ3) is 5.51. The Morgan fingerprint density at radius 2 is 1.83 bits per heavy atom. The van der Waals surface area contributed by atoms with Crippen LogP contribution in [0.3, 0.4) is 0 Å². The van der Waals surface area contributed by atoms with E-state index in [4.69, 9.17) is 15.2 Å². The molecule has 3 rings (SSSR count). The Morgan fingerprint density at radius 1 is 1.17 bits per heavy atom. The van der Waals surface area contributed by atoms with Crippen LogP contribution in [0.5, 0.6) is 11.5 Å². The fourth-order valence-corrected chi connectivity index (χ4v) is 2.49. The lowest BCUT2D eigenvalue weighted by molar-refractivity contribution is -0.385. The molecule has 0 aromatic heterocycles. The minimum atomic E-state index is -0.861. The quantitative estimate of drug-likeness (QED) is 0.231. The van der Waals surface area contributed by atoms with Crippen LogP contribution in [0.2, 0.25) is 0 Å². The van der Waals surface area contributed by atoms with Gasteiger partial charge in [-0.15, -0.1) is 0 Å². The second kappa shape index (κ2) is 10.5. The number of anilines is 1. The van der Waals surface area contributed by atoms with Crippen LogP contribution in [0.4, 0.5) is 15.8 Å². The Kier molecular flexibility index (Phi) is 7.81. The van der Waals surface area contributed by atoms with E-state index >= 15 is 0 Å². The van der Waals surface area contributed by atoms with Crippen molar-refractivity contribution in [3.05, 3.63) is 82.2 Å². The van der Waals surface area contributed by atoms with E-state index < -0.39 is 16.4 Å². The number of nitrogen functional groups attached to an aromatic ring is 1. The molecule has 2 N–H and O–H groups in total. The normalized spacial score (nSPS) is 11.0. The average Bonchev–Trinajstić information content (AvgIpc) is 3.17. The van der Waals surface area contributed by atoms with Crippen molar-refractivity contribution in [1.82, 2.24) is 0 Å². The molecule has 0 aliphatic carbocycles. The van der Waals surface area contributed by atoms with Gasteiger partial charge in [-0.25, -0.2) is 4.39 Å². The predicted octanol–water partition coefficient (Wildman–Crippen LogP) is 3.88. The first-order valence-corrected chi connectivity index (χ1v) is 8.74. The molecule has 0 fully saturated rings. The summed E-state index contributed by atoms with van der Waals surface area (Å²) in [4.78, 5) is 24.4. The minimum absolute atomic E-state index is 0.0146. The number of hydrogen-bond donors (Lipinski definition) is 1. The number of hydrogen-bond acceptors (Lipinski definition) is 7. The summed E-state index contributed by atoms with van der Waals surface area (Å²) in [5, 5.41) is 10.6. The van der Waals surface area contributed by atoms with Gasteiger partial charge in [0, 0.05) is 18.3 Å². The number of halogens is 1. The van der Waals surface area contributed by atoms with E-state index in [9.17, 15) is 19.3 Å². The number of nitro benzene ring substituents is 1.